The molecule has 0 spiro atoms. The monoisotopic (exact) mass is 445 g/mol. The largest absolute Gasteiger partial charge is 0.391 e. The number of hydrogen-bond acceptors (Lipinski definition) is 5. The zero-order valence-electron chi connectivity index (χ0n) is 18.4. The number of aryl methyl sites for hydroxylation is 1. The number of aliphatic imine (C=N–C) groups is 1. The molecule has 1 aromatic rings. The molecule has 1 saturated carbocycles. The number of morpholine rings is 1. The number of nitrogens with one attached hydrogen (secondary N) is 2. The second-order valence-electron chi connectivity index (χ2n) is 8.36. The Hall–Kier alpha value is -1.88. The molecule has 1 aliphatic carbocycles. The van der Waals surface area contributed by atoms with Crippen LogP contribution in [0.25, 0.3) is 0 Å². The Morgan fingerprint density at radius 3 is 2.48 bits per heavy atom. The van der Waals surface area contributed by atoms with Crippen molar-refractivity contribution in [2.24, 2.45) is 18.0 Å². The van der Waals surface area contributed by atoms with E-state index in [-0.39, 0.29) is 18.9 Å². The van der Waals surface area contributed by atoms with Gasteiger partial charge in [-0.1, -0.05) is 0 Å². The predicted octanol–water partition coefficient (Wildman–Crippen LogP) is 2.00. The van der Waals surface area contributed by atoms with Crippen molar-refractivity contribution in [3.8, 4) is 0 Å². The van der Waals surface area contributed by atoms with Crippen LogP contribution < -0.4 is 10.6 Å². The van der Waals surface area contributed by atoms with E-state index >= 15 is 0 Å². The number of guanidine groups is 1. The number of halogens is 3. The lowest BCUT2D eigenvalue weighted by atomic mass is 9.85. The molecule has 2 N–H and O–H groups in total. The van der Waals surface area contributed by atoms with E-state index in [1.807, 2.05) is 18.5 Å². The van der Waals surface area contributed by atoms with E-state index in [1.54, 1.807) is 0 Å². The van der Waals surface area contributed by atoms with E-state index in [1.165, 1.54) is 0 Å². The Bertz CT molecular complexity index is 708. The molecular formula is C20H34F3N7O. The number of hydrogen-bond donors (Lipinski definition) is 2. The van der Waals surface area contributed by atoms with E-state index in [0.29, 0.717) is 25.3 Å². The molecule has 0 amide bonds. The van der Waals surface area contributed by atoms with Crippen molar-refractivity contribution in [3.63, 3.8) is 0 Å². The molecule has 0 bridgehead atoms. The van der Waals surface area contributed by atoms with E-state index < -0.39 is 12.1 Å². The van der Waals surface area contributed by atoms with Crippen molar-refractivity contribution in [3.05, 3.63) is 11.6 Å². The standard InChI is InChI=1S/C20H34F3N7O/c1-15-27-28-18(29(15)2)14-25-19(24-8-3-9-30-10-12-31-13-11-30)26-17-6-4-16(5-7-17)20(21,22)23/h16-17H,3-14H2,1-2H3,(H2,24,25,26). The van der Waals surface area contributed by atoms with Gasteiger partial charge < -0.3 is 19.9 Å². The summed E-state index contributed by atoms with van der Waals surface area (Å²) in [6.07, 6.45) is -1.85. The van der Waals surface area contributed by atoms with Crippen LogP contribution in [0.5, 0.6) is 0 Å². The lowest BCUT2D eigenvalue weighted by molar-refractivity contribution is -0.182. The summed E-state index contributed by atoms with van der Waals surface area (Å²) in [6.45, 7) is 7.40. The van der Waals surface area contributed by atoms with Crippen molar-refractivity contribution >= 4 is 5.96 Å². The molecule has 11 heteroatoms. The summed E-state index contributed by atoms with van der Waals surface area (Å²) in [4.78, 5) is 7.00. The van der Waals surface area contributed by atoms with Crippen LogP contribution >= 0.6 is 0 Å². The third-order valence-corrected chi connectivity index (χ3v) is 6.14. The Morgan fingerprint density at radius 1 is 1.16 bits per heavy atom. The molecule has 1 aliphatic heterocycles. The first-order valence-corrected chi connectivity index (χ1v) is 11.1. The van der Waals surface area contributed by atoms with Crippen molar-refractivity contribution < 1.29 is 17.9 Å². The van der Waals surface area contributed by atoms with Crippen molar-refractivity contribution in [1.29, 1.82) is 0 Å². The van der Waals surface area contributed by atoms with Crippen molar-refractivity contribution in [2.75, 3.05) is 39.4 Å². The van der Waals surface area contributed by atoms with Crippen LogP contribution in [0.15, 0.2) is 4.99 Å². The first kappa shape index (κ1) is 23.8. The molecule has 2 aliphatic rings. The van der Waals surface area contributed by atoms with E-state index in [2.05, 4.69) is 30.7 Å². The lowest BCUT2D eigenvalue weighted by Crippen LogP contribution is -2.46. The molecule has 2 heterocycles. The van der Waals surface area contributed by atoms with Gasteiger partial charge in [-0.25, -0.2) is 4.99 Å². The molecule has 8 nitrogen and oxygen atoms in total. The van der Waals surface area contributed by atoms with Gasteiger partial charge in [0.05, 0.1) is 19.1 Å². The van der Waals surface area contributed by atoms with Crippen LogP contribution in [-0.2, 0) is 18.3 Å². The SMILES string of the molecule is Cc1nnc(CN=C(NCCCN2CCOCC2)NC2CCC(C(F)(F)F)CC2)n1C. The summed E-state index contributed by atoms with van der Waals surface area (Å²) in [5.41, 5.74) is 0. The van der Waals surface area contributed by atoms with Crippen LogP contribution in [-0.4, -0.2) is 77.2 Å². The van der Waals surface area contributed by atoms with Gasteiger partial charge in [0.25, 0.3) is 0 Å². The van der Waals surface area contributed by atoms with Gasteiger partial charge >= 0.3 is 6.18 Å². The smallest absolute Gasteiger partial charge is 0.379 e. The fourth-order valence-corrected chi connectivity index (χ4v) is 3.98. The molecule has 31 heavy (non-hydrogen) atoms. The summed E-state index contributed by atoms with van der Waals surface area (Å²) in [5.74, 6) is 0.989. The van der Waals surface area contributed by atoms with Crippen LogP contribution in [0.4, 0.5) is 13.2 Å². The second kappa shape index (κ2) is 11.1. The third-order valence-electron chi connectivity index (χ3n) is 6.14. The summed E-state index contributed by atoms with van der Waals surface area (Å²) in [5, 5.41) is 14.9. The maximum Gasteiger partial charge on any atom is 0.391 e. The number of aromatic nitrogens is 3. The van der Waals surface area contributed by atoms with E-state index in [9.17, 15) is 13.2 Å². The zero-order chi connectivity index (χ0) is 22.3. The summed E-state index contributed by atoms with van der Waals surface area (Å²) >= 11 is 0. The van der Waals surface area contributed by atoms with Gasteiger partial charge in [-0.15, -0.1) is 10.2 Å². The van der Waals surface area contributed by atoms with E-state index in [4.69, 9.17) is 4.74 Å². The van der Waals surface area contributed by atoms with Gasteiger partial charge in [0.1, 0.15) is 12.4 Å². The van der Waals surface area contributed by atoms with Crippen LogP contribution in [0.2, 0.25) is 0 Å². The molecule has 0 aromatic carbocycles. The van der Waals surface area contributed by atoms with Crippen LogP contribution in [0, 0.1) is 12.8 Å². The fourth-order valence-electron chi connectivity index (χ4n) is 3.98. The summed E-state index contributed by atoms with van der Waals surface area (Å²) < 4.78 is 46.1. The Morgan fingerprint density at radius 2 is 1.87 bits per heavy atom. The average molecular weight is 446 g/mol. The average Bonchev–Trinajstić information content (AvgIpc) is 3.07. The molecule has 3 rings (SSSR count). The number of rotatable bonds is 7. The third kappa shape index (κ3) is 7.34. The highest BCUT2D eigenvalue weighted by Crippen LogP contribution is 2.37. The second-order valence-corrected chi connectivity index (χ2v) is 8.36. The van der Waals surface area contributed by atoms with Crippen LogP contribution in [0.3, 0.4) is 0 Å². The molecule has 0 unspecified atom stereocenters. The van der Waals surface area contributed by atoms with Gasteiger partial charge in [-0.3, -0.25) is 4.90 Å². The molecule has 0 atom stereocenters. The fraction of sp³-hybridized carbons (Fsp3) is 0.850. The minimum Gasteiger partial charge on any atom is -0.379 e. The summed E-state index contributed by atoms with van der Waals surface area (Å²) in [6, 6.07) is -0.00896. The number of alkyl halides is 3. The lowest BCUT2D eigenvalue weighted by Gasteiger charge is -2.31. The summed E-state index contributed by atoms with van der Waals surface area (Å²) in [7, 11) is 1.89. The molecule has 1 aromatic heterocycles. The molecular weight excluding hydrogens is 411 g/mol. The maximum absolute atomic E-state index is 13.0. The highest BCUT2D eigenvalue weighted by atomic mass is 19.4. The maximum atomic E-state index is 13.0. The van der Waals surface area contributed by atoms with Gasteiger partial charge in [0.15, 0.2) is 11.8 Å². The van der Waals surface area contributed by atoms with Crippen molar-refractivity contribution in [2.45, 2.75) is 57.8 Å². The number of nitrogens with zero attached hydrogens (tertiary/aromatic N) is 5. The Labute approximate surface area is 181 Å². The minimum absolute atomic E-state index is 0.00896. The van der Waals surface area contributed by atoms with Gasteiger partial charge in [0.2, 0.25) is 0 Å². The normalized spacial score (nSPS) is 23.7. The van der Waals surface area contributed by atoms with E-state index in [0.717, 1.165) is 57.5 Å². The highest BCUT2D eigenvalue weighted by molar-refractivity contribution is 5.80. The predicted molar refractivity (Wildman–Crippen MR) is 112 cm³/mol. The first-order chi connectivity index (χ1) is 14.8. The Kier molecular flexibility index (Phi) is 8.53. The molecule has 2 fully saturated rings. The zero-order valence-corrected chi connectivity index (χ0v) is 18.4. The first-order valence-electron chi connectivity index (χ1n) is 11.1. The van der Waals surface area contributed by atoms with Gasteiger partial charge in [-0.05, 0) is 45.6 Å². The van der Waals surface area contributed by atoms with Crippen LogP contribution in [0.1, 0.15) is 43.8 Å². The van der Waals surface area contributed by atoms with Gasteiger partial charge in [-0.2, -0.15) is 13.2 Å². The van der Waals surface area contributed by atoms with Gasteiger partial charge in [0, 0.05) is 32.7 Å². The topological polar surface area (TPSA) is 79.6 Å². The highest BCUT2D eigenvalue weighted by Gasteiger charge is 2.41. The quantitative estimate of drug-likeness (QED) is 0.380. The molecule has 1 saturated heterocycles. The number of ether oxygens (including phenoxy) is 1. The minimum atomic E-state index is -4.09. The molecule has 0 radical (unpaired) electrons. The Balaban J connectivity index is 1.52. The van der Waals surface area contributed by atoms with Crippen molar-refractivity contribution in [1.82, 2.24) is 30.3 Å². The molecule has 176 valence electrons.